The minimum atomic E-state index is -0.356. The maximum absolute atomic E-state index is 13.2. The summed E-state index contributed by atoms with van der Waals surface area (Å²) in [5.41, 5.74) is 6.12. The highest BCUT2D eigenvalue weighted by atomic mass is 32.2. The molecule has 0 aliphatic carbocycles. The molecule has 1 amide bonds. The Labute approximate surface area is 237 Å². The summed E-state index contributed by atoms with van der Waals surface area (Å²) in [6.45, 7) is 6.23. The molecule has 7 heteroatoms. The summed E-state index contributed by atoms with van der Waals surface area (Å²) < 4.78 is 7.86. The first-order chi connectivity index (χ1) is 19.0. The summed E-state index contributed by atoms with van der Waals surface area (Å²) in [6.07, 6.45) is 3.59. The Kier molecular flexibility index (Phi) is 7.91. The van der Waals surface area contributed by atoms with Gasteiger partial charge in [-0.15, -0.1) is 6.58 Å². The van der Waals surface area contributed by atoms with Crippen molar-refractivity contribution in [1.29, 1.82) is 0 Å². The van der Waals surface area contributed by atoms with Gasteiger partial charge in [-0.1, -0.05) is 90.7 Å². The van der Waals surface area contributed by atoms with E-state index in [1.54, 1.807) is 30.0 Å². The summed E-state index contributed by atoms with van der Waals surface area (Å²) >= 11 is 6.77. The third-order valence-electron chi connectivity index (χ3n) is 6.26. The molecule has 5 rings (SSSR count). The van der Waals surface area contributed by atoms with Gasteiger partial charge in [0.2, 0.25) is 0 Å². The van der Waals surface area contributed by atoms with Gasteiger partial charge in [0, 0.05) is 17.8 Å². The van der Waals surface area contributed by atoms with Crippen molar-refractivity contribution in [2.24, 2.45) is 0 Å². The number of aromatic nitrogens is 1. The molecule has 0 radical (unpaired) electrons. The Bertz CT molecular complexity index is 1570. The average Bonchev–Trinajstić information content (AvgIpc) is 3.47. The normalized spacial score (nSPS) is 14.2. The zero-order valence-corrected chi connectivity index (χ0v) is 23.0. The van der Waals surface area contributed by atoms with E-state index in [1.807, 2.05) is 66.7 Å². The zero-order valence-electron chi connectivity index (χ0n) is 21.4. The number of ether oxygens (including phenoxy) is 1. The van der Waals surface area contributed by atoms with Crippen molar-refractivity contribution in [3.63, 3.8) is 0 Å². The molecule has 0 N–H and O–H groups in total. The van der Waals surface area contributed by atoms with Crippen LogP contribution in [-0.2, 0) is 9.53 Å². The Morgan fingerprint density at radius 3 is 2.23 bits per heavy atom. The minimum absolute atomic E-state index is 0.128. The third-order valence-corrected chi connectivity index (χ3v) is 7.63. The Morgan fingerprint density at radius 1 is 0.974 bits per heavy atom. The topological polar surface area (TPSA) is 51.5 Å². The van der Waals surface area contributed by atoms with E-state index in [0.29, 0.717) is 27.9 Å². The van der Waals surface area contributed by atoms with E-state index < -0.39 is 0 Å². The largest absolute Gasteiger partial charge is 0.462 e. The third kappa shape index (κ3) is 5.37. The number of esters is 1. The highest BCUT2D eigenvalue weighted by molar-refractivity contribution is 8.26. The molecule has 2 heterocycles. The van der Waals surface area contributed by atoms with Gasteiger partial charge in [-0.05, 0) is 54.5 Å². The number of carbonyl (C=O) groups is 2. The molecule has 1 aliphatic rings. The summed E-state index contributed by atoms with van der Waals surface area (Å²) in [6, 6.07) is 29.6. The van der Waals surface area contributed by atoms with Crippen molar-refractivity contribution in [2.75, 3.05) is 13.2 Å². The molecule has 4 aromatic rings. The molecule has 39 heavy (non-hydrogen) atoms. The SMILES string of the molecule is C=CCN1C(=O)/C(=C\c2cc(-c3ccccc3)n(-c3ccc(C(=O)OCC)cc3)c2-c2ccccc2)SC1=S. The number of amides is 1. The Balaban J connectivity index is 1.74. The van der Waals surface area contributed by atoms with Crippen LogP contribution in [-0.4, -0.2) is 38.8 Å². The quantitative estimate of drug-likeness (QED) is 0.0992. The van der Waals surface area contributed by atoms with E-state index in [2.05, 4.69) is 29.3 Å². The first kappa shape index (κ1) is 26.4. The number of benzene rings is 3. The van der Waals surface area contributed by atoms with Crippen LogP contribution in [0.1, 0.15) is 22.8 Å². The number of hydrogen-bond donors (Lipinski definition) is 0. The van der Waals surface area contributed by atoms with E-state index in [1.165, 1.54) is 11.8 Å². The van der Waals surface area contributed by atoms with Gasteiger partial charge in [-0.2, -0.15) is 0 Å². The zero-order chi connectivity index (χ0) is 27.4. The standard InChI is InChI=1S/C32H26N2O3S2/c1-3-19-33-30(35)28(39-32(33)38)21-25-20-27(22-11-7-5-8-12-22)34(29(25)23-13-9-6-10-14-23)26-17-15-24(16-18-26)31(36)37-4-2/h3,5-18,20-21H,1,4,19H2,2H3/b28-21+. The number of thioether (sulfide) groups is 1. The minimum Gasteiger partial charge on any atom is -0.462 e. The van der Waals surface area contributed by atoms with Gasteiger partial charge < -0.3 is 9.30 Å². The fourth-order valence-electron chi connectivity index (χ4n) is 4.51. The summed E-state index contributed by atoms with van der Waals surface area (Å²) in [7, 11) is 0. The first-order valence-corrected chi connectivity index (χ1v) is 13.7. The fourth-order valence-corrected chi connectivity index (χ4v) is 5.78. The van der Waals surface area contributed by atoms with Gasteiger partial charge >= 0.3 is 5.97 Å². The van der Waals surface area contributed by atoms with E-state index in [0.717, 1.165) is 33.8 Å². The second-order valence-electron chi connectivity index (χ2n) is 8.75. The van der Waals surface area contributed by atoms with Crippen molar-refractivity contribution in [1.82, 2.24) is 9.47 Å². The first-order valence-electron chi connectivity index (χ1n) is 12.5. The van der Waals surface area contributed by atoms with Crippen LogP contribution in [0.5, 0.6) is 0 Å². The Morgan fingerprint density at radius 2 is 1.62 bits per heavy atom. The number of thiocarbonyl (C=S) groups is 1. The summed E-state index contributed by atoms with van der Waals surface area (Å²) in [5.74, 6) is -0.484. The lowest BCUT2D eigenvalue weighted by molar-refractivity contribution is -0.121. The fraction of sp³-hybridized carbons (Fsp3) is 0.0938. The lowest BCUT2D eigenvalue weighted by Crippen LogP contribution is -2.27. The van der Waals surface area contributed by atoms with Gasteiger partial charge in [0.25, 0.3) is 5.91 Å². The van der Waals surface area contributed by atoms with Crippen LogP contribution in [0.25, 0.3) is 34.3 Å². The number of rotatable bonds is 8. The molecule has 0 unspecified atom stereocenters. The lowest BCUT2D eigenvalue weighted by Gasteiger charge is -2.15. The van der Waals surface area contributed by atoms with Crippen LogP contribution in [0.2, 0.25) is 0 Å². The summed E-state index contributed by atoms with van der Waals surface area (Å²) in [5, 5.41) is 0. The molecule has 0 bridgehead atoms. The van der Waals surface area contributed by atoms with E-state index in [-0.39, 0.29) is 11.9 Å². The van der Waals surface area contributed by atoms with Crippen molar-refractivity contribution >= 4 is 46.3 Å². The lowest BCUT2D eigenvalue weighted by atomic mass is 10.1. The molecule has 1 aliphatic heterocycles. The van der Waals surface area contributed by atoms with Crippen molar-refractivity contribution in [3.05, 3.63) is 120 Å². The van der Waals surface area contributed by atoms with Crippen LogP contribution in [0, 0.1) is 0 Å². The van der Waals surface area contributed by atoms with Gasteiger partial charge in [0.15, 0.2) is 0 Å². The highest BCUT2D eigenvalue weighted by Crippen LogP contribution is 2.40. The highest BCUT2D eigenvalue weighted by Gasteiger charge is 2.32. The van der Waals surface area contributed by atoms with Crippen LogP contribution in [0.4, 0.5) is 0 Å². The average molecular weight is 551 g/mol. The van der Waals surface area contributed by atoms with E-state index in [4.69, 9.17) is 17.0 Å². The van der Waals surface area contributed by atoms with Gasteiger partial charge in [0.1, 0.15) is 4.32 Å². The number of carbonyl (C=O) groups excluding carboxylic acids is 2. The molecular formula is C32H26N2O3S2. The molecule has 0 spiro atoms. The molecule has 3 aromatic carbocycles. The number of hydrogen-bond acceptors (Lipinski definition) is 5. The molecule has 0 saturated carbocycles. The van der Waals surface area contributed by atoms with Crippen molar-refractivity contribution < 1.29 is 14.3 Å². The molecule has 194 valence electrons. The molecule has 1 aromatic heterocycles. The molecule has 5 nitrogen and oxygen atoms in total. The van der Waals surface area contributed by atoms with Gasteiger partial charge in [-0.25, -0.2) is 4.79 Å². The maximum Gasteiger partial charge on any atom is 0.338 e. The molecule has 1 fully saturated rings. The summed E-state index contributed by atoms with van der Waals surface area (Å²) in [4.78, 5) is 27.6. The maximum atomic E-state index is 13.2. The molecule has 0 atom stereocenters. The smallest absolute Gasteiger partial charge is 0.338 e. The van der Waals surface area contributed by atoms with Crippen LogP contribution in [0.15, 0.2) is 109 Å². The Hall–Kier alpha value is -4.20. The predicted octanol–water partition coefficient (Wildman–Crippen LogP) is 7.38. The second-order valence-corrected chi connectivity index (χ2v) is 10.4. The van der Waals surface area contributed by atoms with E-state index >= 15 is 0 Å². The predicted molar refractivity (Wildman–Crippen MR) is 163 cm³/mol. The molecular weight excluding hydrogens is 524 g/mol. The second kappa shape index (κ2) is 11.7. The van der Waals surface area contributed by atoms with Crippen molar-refractivity contribution in [3.8, 4) is 28.2 Å². The van der Waals surface area contributed by atoms with Crippen LogP contribution >= 0.6 is 24.0 Å². The number of nitrogens with zero attached hydrogens (tertiary/aromatic N) is 2. The van der Waals surface area contributed by atoms with Crippen LogP contribution < -0.4 is 0 Å². The van der Waals surface area contributed by atoms with Crippen molar-refractivity contribution in [2.45, 2.75) is 6.92 Å². The van der Waals surface area contributed by atoms with Gasteiger partial charge in [0.05, 0.1) is 28.5 Å². The molecule has 1 saturated heterocycles. The van der Waals surface area contributed by atoms with Gasteiger partial charge in [-0.3, -0.25) is 9.69 Å². The van der Waals surface area contributed by atoms with Crippen LogP contribution in [0.3, 0.4) is 0 Å². The van der Waals surface area contributed by atoms with E-state index in [9.17, 15) is 9.59 Å². The monoisotopic (exact) mass is 550 g/mol.